The smallest absolute Gasteiger partial charge is 0.277 e. The summed E-state index contributed by atoms with van der Waals surface area (Å²) in [5.74, 6) is 0.00396. The quantitative estimate of drug-likeness (QED) is 0.569. The summed E-state index contributed by atoms with van der Waals surface area (Å²) in [6.07, 6.45) is 0. The van der Waals surface area contributed by atoms with Gasteiger partial charge in [0.05, 0.1) is 10.7 Å². The lowest BCUT2D eigenvalue weighted by Crippen LogP contribution is -2.25. The maximum absolute atomic E-state index is 11.8. The zero-order valence-electron chi connectivity index (χ0n) is 12.1. The van der Waals surface area contributed by atoms with Gasteiger partial charge in [0.25, 0.3) is 5.91 Å². The molecule has 2 aromatic rings. The topological polar surface area (TPSA) is 50.7 Å². The van der Waals surface area contributed by atoms with Crippen LogP contribution in [-0.2, 0) is 4.79 Å². The highest BCUT2D eigenvalue weighted by Gasteiger charge is 2.06. The SMILES string of the molecule is C/C(=N/NC(=O)COc1ccc(Cl)cc1Cl)c1cccc(Br)c1. The Bertz CT molecular complexity index is 751. The number of hydrogen-bond acceptors (Lipinski definition) is 3. The summed E-state index contributed by atoms with van der Waals surface area (Å²) in [7, 11) is 0. The molecule has 0 spiro atoms. The van der Waals surface area contributed by atoms with Crippen LogP contribution in [-0.4, -0.2) is 18.2 Å². The molecular weight excluding hydrogens is 403 g/mol. The fourth-order valence-electron chi connectivity index (χ4n) is 1.69. The third kappa shape index (κ3) is 5.53. The van der Waals surface area contributed by atoms with E-state index in [1.165, 1.54) is 0 Å². The van der Waals surface area contributed by atoms with E-state index in [0.717, 1.165) is 10.0 Å². The van der Waals surface area contributed by atoms with E-state index < -0.39 is 0 Å². The summed E-state index contributed by atoms with van der Waals surface area (Å²) in [6, 6.07) is 12.4. The first-order valence-corrected chi connectivity index (χ1v) is 8.17. The number of halogens is 3. The number of ether oxygens (including phenoxy) is 1. The standard InChI is InChI=1S/C16H13BrCl2N2O2/c1-10(11-3-2-4-12(17)7-11)20-21-16(22)9-23-15-6-5-13(18)8-14(15)19/h2-8H,9H2,1H3,(H,21,22)/b20-10-. The van der Waals surface area contributed by atoms with Crippen molar-refractivity contribution in [3.63, 3.8) is 0 Å². The first kappa shape index (κ1) is 17.8. The van der Waals surface area contributed by atoms with Gasteiger partial charge in [0.15, 0.2) is 6.61 Å². The molecular formula is C16H13BrCl2N2O2. The minimum atomic E-state index is -0.384. The number of hydrazone groups is 1. The van der Waals surface area contributed by atoms with Crippen LogP contribution in [0.2, 0.25) is 10.0 Å². The van der Waals surface area contributed by atoms with Gasteiger partial charge in [-0.25, -0.2) is 5.43 Å². The molecule has 120 valence electrons. The number of nitrogens with one attached hydrogen (secondary N) is 1. The molecule has 0 aliphatic rings. The first-order chi connectivity index (χ1) is 11.0. The van der Waals surface area contributed by atoms with E-state index >= 15 is 0 Å². The van der Waals surface area contributed by atoms with Gasteiger partial charge in [0, 0.05) is 9.50 Å². The van der Waals surface area contributed by atoms with Crippen LogP contribution in [0.5, 0.6) is 5.75 Å². The van der Waals surface area contributed by atoms with Crippen molar-refractivity contribution < 1.29 is 9.53 Å². The van der Waals surface area contributed by atoms with Gasteiger partial charge in [0.1, 0.15) is 5.75 Å². The molecule has 0 aromatic heterocycles. The molecule has 0 fully saturated rings. The Morgan fingerprint density at radius 1 is 1.26 bits per heavy atom. The zero-order chi connectivity index (χ0) is 16.8. The van der Waals surface area contributed by atoms with Gasteiger partial charge in [-0.05, 0) is 42.8 Å². The Morgan fingerprint density at radius 2 is 2.04 bits per heavy atom. The number of carbonyl (C=O) groups is 1. The van der Waals surface area contributed by atoms with Gasteiger partial charge in [-0.15, -0.1) is 0 Å². The van der Waals surface area contributed by atoms with Crippen molar-refractivity contribution in [2.75, 3.05) is 6.61 Å². The van der Waals surface area contributed by atoms with Crippen molar-refractivity contribution in [3.8, 4) is 5.75 Å². The van der Waals surface area contributed by atoms with E-state index in [0.29, 0.717) is 21.5 Å². The number of rotatable bonds is 5. The molecule has 0 radical (unpaired) electrons. The molecule has 2 aromatic carbocycles. The van der Waals surface area contributed by atoms with Crippen LogP contribution in [0.4, 0.5) is 0 Å². The summed E-state index contributed by atoms with van der Waals surface area (Å²) < 4.78 is 6.27. The molecule has 0 aliphatic carbocycles. The van der Waals surface area contributed by atoms with Gasteiger partial charge in [-0.2, -0.15) is 5.10 Å². The summed E-state index contributed by atoms with van der Waals surface area (Å²) in [4.78, 5) is 11.8. The van der Waals surface area contributed by atoms with E-state index in [1.807, 2.05) is 24.3 Å². The van der Waals surface area contributed by atoms with E-state index in [4.69, 9.17) is 27.9 Å². The predicted molar refractivity (Wildman–Crippen MR) is 96.5 cm³/mol. The van der Waals surface area contributed by atoms with Crippen molar-refractivity contribution in [1.82, 2.24) is 5.43 Å². The molecule has 0 saturated carbocycles. The third-order valence-electron chi connectivity index (χ3n) is 2.84. The number of hydrogen-bond donors (Lipinski definition) is 1. The molecule has 0 bridgehead atoms. The number of amides is 1. The minimum Gasteiger partial charge on any atom is -0.482 e. The second-order valence-corrected chi connectivity index (χ2v) is 6.37. The summed E-state index contributed by atoms with van der Waals surface area (Å²) in [5.41, 5.74) is 4.03. The van der Waals surface area contributed by atoms with E-state index in [-0.39, 0.29) is 12.5 Å². The first-order valence-electron chi connectivity index (χ1n) is 6.62. The highest BCUT2D eigenvalue weighted by Crippen LogP contribution is 2.27. The Labute approximate surface area is 152 Å². The van der Waals surface area contributed by atoms with Gasteiger partial charge in [-0.3, -0.25) is 4.79 Å². The van der Waals surface area contributed by atoms with Crippen LogP contribution in [0.3, 0.4) is 0 Å². The van der Waals surface area contributed by atoms with Gasteiger partial charge < -0.3 is 4.74 Å². The Morgan fingerprint density at radius 3 is 2.74 bits per heavy atom. The van der Waals surface area contributed by atoms with Gasteiger partial charge >= 0.3 is 0 Å². The molecule has 7 heteroatoms. The van der Waals surface area contributed by atoms with Crippen LogP contribution in [0, 0.1) is 0 Å². The Balaban J connectivity index is 1.90. The highest BCUT2D eigenvalue weighted by atomic mass is 79.9. The molecule has 0 aliphatic heterocycles. The summed E-state index contributed by atoms with van der Waals surface area (Å²) in [5, 5.41) is 4.89. The molecule has 0 unspecified atom stereocenters. The second-order valence-electron chi connectivity index (χ2n) is 4.61. The molecule has 0 saturated heterocycles. The zero-order valence-corrected chi connectivity index (χ0v) is 15.2. The van der Waals surface area contributed by atoms with Crippen molar-refractivity contribution in [2.24, 2.45) is 5.10 Å². The maximum Gasteiger partial charge on any atom is 0.277 e. The largest absolute Gasteiger partial charge is 0.482 e. The van der Waals surface area contributed by atoms with Crippen molar-refractivity contribution in [3.05, 3.63) is 62.5 Å². The number of benzene rings is 2. The fourth-order valence-corrected chi connectivity index (χ4v) is 2.55. The normalized spacial score (nSPS) is 11.2. The van der Waals surface area contributed by atoms with Crippen molar-refractivity contribution in [1.29, 1.82) is 0 Å². The van der Waals surface area contributed by atoms with Crippen LogP contribution in [0.1, 0.15) is 12.5 Å². The lowest BCUT2D eigenvalue weighted by Gasteiger charge is -2.07. The Hall–Kier alpha value is -1.56. The monoisotopic (exact) mass is 414 g/mol. The van der Waals surface area contributed by atoms with Gasteiger partial charge in [-0.1, -0.05) is 51.3 Å². The van der Waals surface area contributed by atoms with E-state index in [2.05, 4.69) is 26.5 Å². The molecule has 1 N–H and O–H groups in total. The molecule has 23 heavy (non-hydrogen) atoms. The minimum absolute atomic E-state index is 0.198. The molecule has 2 rings (SSSR count). The lowest BCUT2D eigenvalue weighted by molar-refractivity contribution is -0.123. The fraction of sp³-hybridized carbons (Fsp3) is 0.125. The molecule has 1 amide bonds. The van der Waals surface area contributed by atoms with Crippen molar-refractivity contribution >= 4 is 50.8 Å². The second kappa shape index (κ2) is 8.34. The molecule has 0 atom stereocenters. The number of nitrogens with zero attached hydrogens (tertiary/aromatic N) is 1. The average molecular weight is 416 g/mol. The average Bonchev–Trinajstić information content (AvgIpc) is 2.51. The lowest BCUT2D eigenvalue weighted by atomic mass is 10.1. The summed E-state index contributed by atoms with van der Waals surface area (Å²) in [6.45, 7) is 1.61. The van der Waals surface area contributed by atoms with Gasteiger partial charge in [0.2, 0.25) is 0 Å². The third-order valence-corrected chi connectivity index (χ3v) is 3.87. The molecule has 4 nitrogen and oxygen atoms in total. The van der Waals surface area contributed by atoms with Crippen LogP contribution < -0.4 is 10.2 Å². The maximum atomic E-state index is 11.8. The number of carbonyl (C=O) groups excluding carboxylic acids is 1. The van der Waals surface area contributed by atoms with Crippen molar-refractivity contribution in [2.45, 2.75) is 6.92 Å². The Kier molecular flexibility index (Phi) is 6.45. The highest BCUT2D eigenvalue weighted by molar-refractivity contribution is 9.10. The molecule has 0 heterocycles. The van der Waals surface area contributed by atoms with Crippen LogP contribution in [0.25, 0.3) is 0 Å². The van der Waals surface area contributed by atoms with Crippen LogP contribution >= 0.6 is 39.1 Å². The van der Waals surface area contributed by atoms with Crippen LogP contribution in [0.15, 0.2) is 52.0 Å². The predicted octanol–water partition coefficient (Wildman–Crippen LogP) is 4.68. The van der Waals surface area contributed by atoms with E-state index in [1.54, 1.807) is 25.1 Å². The summed E-state index contributed by atoms with van der Waals surface area (Å²) >= 11 is 15.1. The van der Waals surface area contributed by atoms with E-state index in [9.17, 15) is 4.79 Å².